The van der Waals surface area contributed by atoms with E-state index in [0.717, 1.165) is 24.7 Å². The van der Waals surface area contributed by atoms with Crippen LogP contribution in [0.3, 0.4) is 0 Å². The molecule has 0 aliphatic carbocycles. The molecule has 9 heteroatoms. The van der Waals surface area contributed by atoms with E-state index < -0.39 is 31.5 Å². The molecular weight excluding hydrogens is 450 g/mol. The Bertz CT molecular complexity index is 1160. The highest BCUT2D eigenvalue weighted by Gasteiger charge is 2.42. The molecule has 1 heterocycles. The zero-order valence-electron chi connectivity index (χ0n) is 18.9. The van der Waals surface area contributed by atoms with Gasteiger partial charge in [0.1, 0.15) is 0 Å². The number of rotatable bonds is 8. The average molecular weight is 482 g/mol. The highest BCUT2D eigenvalue weighted by molar-refractivity contribution is 7.91. The molecule has 1 aliphatic heterocycles. The van der Waals surface area contributed by atoms with Crippen molar-refractivity contribution in [1.29, 1.82) is 0 Å². The largest absolute Gasteiger partial charge is 0.493 e. The van der Waals surface area contributed by atoms with Gasteiger partial charge in [0, 0.05) is 11.6 Å². The molecule has 0 amide bonds. The van der Waals surface area contributed by atoms with Gasteiger partial charge < -0.3 is 8.92 Å². The van der Waals surface area contributed by atoms with E-state index >= 15 is 0 Å². The van der Waals surface area contributed by atoms with Gasteiger partial charge in [-0.05, 0) is 30.0 Å². The third kappa shape index (κ3) is 5.27. The molecule has 0 saturated carbocycles. The summed E-state index contributed by atoms with van der Waals surface area (Å²) in [5.74, 6) is -0.0661. The lowest BCUT2D eigenvalue weighted by molar-refractivity contribution is 0.294. The monoisotopic (exact) mass is 481 g/mol. The van der Waals surface area contributed by atoms with Crippen LogP contribution in [0, 0.1) is 0 Å². The van der Waals surface area contributed by atoms with Crippen LogP contribution in [-0.2, 0) is 20.0 Å². The predicted octanol–water partition coefficient (Wildman–Crippen LogP) is 3.84. The minimum Gasteiger partial charge on any atom is -0.493 e. The van der Waals surface area contributed by atoms with E-state index in [-0.39, 0.29) is 22.1 Å². The van der Waals surface area contributed by atoms with Crippen molar-refractivity contribution in [1.82, 2.24) is 5.32 Å². The van der Waals surface area contributed by atoms with Crippen molar-refractivity contribution in [3.63, 3.8) is 0 Å². The molecule has 0 fully saturated rings. The van der Waals surface area contributed by atoms with E-state index in [9.17, 15) is 16.8 Å². The van der Waals surface area contributed by atoms with Crippen LogP contribution < -0.4 is 14.2 Å². The van der Waals surface area contributed by atoms with Crippen molar-refractivity contribution >= 4 is 20.0 Å². The fraction of sp³-hybridized carbons (Fsp3) is 0.478. The molecule has 0 unspecified atom stereocenters. The number of fused-ring (bicyclic) bond motifs is 1. The summed E-state index contributed by atoms with van der Waals surface area (Å²) < 4.78 is 61.3. The molecule has 0 radical (unpaired) electrons. The van der Waals surface area contributed by atoms with Crippen LogP contribution in [-0.4, -0.2) is 41.5 Å². The Morgan fingerprint density at radius 2 is 1.81 bits per heavy atom. The molecule has 2 aromatic rings. The first-order valence-corrected chi connectivity index (χ1v) is 14.2. The zero-order valence-corrected chi connectivity index (χ0v) is 20.6. The first kappa shape index (κ1) is 24.5. The number of unbranched alkanes of at least 4 members (excludes halogenated alkanes) is 1. The summed E-state index contributed by atoms with van der Waals surface area (Å²) in [5.41, 5.74) is 0.805. The number of sulfone groups is 1. The molecule has 0 aromatic heterocycles. The summed E-state index contributed by atoms with van der Waals surface area (Å²) in [7, 11) is -6.25. The van der Waals surface area contributed by atoms with Crippen molar-refractivity contribution in [2.75, 3.05) is 19.1 Å². The maximum Gasteiger partial charge on any atom is 0.306 e. The normalized spacial score (nSPS) is 22.6. The second kappa shape index (κ2) is 9.41. The minimum atomic E-state index is -3.88. The fourth-order valence-corrected chi connectivity index (χ4v) is 6.85. The van der Waals surface area contributed by atoms with Gasteiger partial charge in [-0.3, -0.25) is 5.32 Å². The summed E-state index contributed by atoms with van der Waals surface area (Å²) >= 11 is 0. The van der Waals surface area contributed by atoms with Crippen molar-refractivity contribution in [2.24, 2.45) is 0 Å². The van der Waals surface area contributed by atoms with Crippen LogP contribution in [0.15, 0.2) is 47.4 Å². The van der Waals surface area contributed by atoms with Crippen LogP contribution in [0.5, 0.6) is 11.5 Å². The van der Waals surface area contributed by atoms with Crippen molar-refractivity contribution < 1.29 is 25.8 Å². The third-order valence-corrected chi connectivity index (χ3v) is 8.36. The van der Waals surface area contributed by atoms with Crippen LogP contribution >= 0.6 is 0 Å². The summed E-state index contributed by atoms with van der Waals surface area (Å²) in [6.45, 7) is 4.08. The summed E-state index contributed by atoms with van der Waals surface area (Å²) in [4.78, 5) is 0.0603. The highest BCUT2D eigenvalue weighted by Crippen LogP contribution is 2.43. The molecule has 3 rings (SSSR count). The van der Waals surface area contributed by atoms with Gasteiger partial charge in [0.05, 0.1) is 30.1 Å². The molecule has 1 N–H and O–H groups in total. The summed E-state index contributed by atoms with van der Waals surface area (Å²) in [6, 6.07) is 12.1. The van der Waals surface area contributed by atoms with E-state index in [0.29, 0.717) is 18.4 Å². The van der Waals surface area contributed by atoms with Gasteiger partial charge >= 0.3 is 10.1 Å². The third-order valence-electron chi connectivity index (χ3n) is 5.92. The summed E-state index contributed by atoms with van der Waals surface area (Å²) in [6.07, 6.45) is 4.09. The van der Waals surface area contributed by atoms with Crippen molar-refractivity contribution in [2.45, 2.75) is 56.0 Å². The van der Waals surface area contributed by atoms with Crippen LogP contribution in [0.2, 0.25) is 0 Å². The maximum absolute atomic E-state index is 13.6. The molecule has 176 valence electrons. The Kier molecular flexibility index (Phi) is 7.21. The number of methoxy groups -OCH3 is 1. The molecular formula is C23H31NO6S2. The van der Waals surface area contributed by atoms with E-state index in [4.69, 9.17) is 8.92 Å². The molecule has 0 bridgehead atoms. The zero-order chi connectivity index (χ0) is 23.6. The van der Waals surface area contributed by atoms with Crippen LogP contribution in [0.4, 0.5) is 0 Å². The van der Waals surface area contributed by atoms with Crippen molar-refractivity contribution in [3.05, 3.63) is 53.6 Å². The quantitative estimate of drug-likeness (QED) is 0.572. The van der Waals surface area contributed by atoms with Crippen LogP contribution in [0.25, 0.3) is 0 Å². The molecule has 1 aliphatic rings. The number of nitrogens with one attached hydrogen (secondary N) is 1. The topological polar surface area (TPSA) is 98.8 Å². The Morgan fingerprint density at radius 1 is 1.12 bits per heavy atom. The molecule has 0 saturated heterocycles. The van der Waals surface area contributed by atoms with Gasteiger partial charge in [-0.25, -0.2) is 8.42 Å². The number of ether oxygens (including phenoxy) is 1. The summed E-state index contributed by atoms with van der Waals surface area (Å²) in [5, 5.41) is 3.67. The number of hydrogen-bond donors (Lipinski definition) is 1. The number of benzene rings is 2. The Balaban J connectivity index is 2.29. The molecule has 7 nitrogen and oxygen atoms in total. The standard InChI is InChI=1S/C23H31NO6S2/c1-5-7-13-23(6-2)16-32(27,28)21-15-20(30-31(4,25)26)19(29-3)14-18(21)22(24-23)17-11-9-8-10-12-17/h8-12,14-15,22,24H,5-7,13,16H2,1-4H3/t22-,23-/m1/s1. The SMILES string of the molecule is CCCC[C@]1(CC)CS(=O)(=O)c2cc(OS(C)(=O)=O)c(OC)cc2[C@@H](c2ccccc2)N1. The maximum atomic E-state index is 13.6. The van der Waals surface area contributed by atoms with E-state index in [1.54, 1.807) is 6.07 Å². The van der Waals surface area contributed by atoms with Crippen LogP contribution in [0.1, 0.15) is 56.7 Å². The van der Waals surface area contributed by atoms with Gasteiger partial charge in [0.15, 0.2) is 21.3 Å². The van der Waals surface area contributed by atoms with Gasteiger partial charge in [-0.2, -0.15) is 8.42 Å². The first-order valence-electron chi connectivity index (χ1n) is 10.7. The Hall–Kier alpha value is -2.10. The lowest BCUT2D eigenvalue weighted by atomic mass is 9.88. The van der Waals surface area contributed by atoms with Crippen molar-refractivity contribution in [3.8, 4) is 11.5 Å². The fourth-order valence-electron chi connectivity index (χ4n) is 4.26. The second-order valence-electron chi connectivity index (χ2n) is 8.31. The molecule has 2 aromatic carbocycles. The second-order valence-corrected chi connectivity index (χ2v) is 11.8. The highest BCUT2D eigenvalue weighted by atomic mass is 32.2. The number of hydrogen-bond acceptors (Lipinski definition) is 7. The smallest absolute Gasteiger partial charge is 0.306 e. The van der Waals surface area contributed by atoms with E-state index in [1.807, 2.05) is 37.3 Å². The molecule has 2 atom stereocenters. The predicted molar refractivity (Wildman–Crippen MR) is 124 cm³/mol. The van der Waals surface area contributed by atoms with Gasteiger partial charge in [0.25, 0.3) is 0 Å². The average Bonchev–Trinajstić information content (AvgIpc) is 2.84. The molecule has 32 heavy (non-hydrogen) atoms. The Labute approximate surface area is 191 Å². The van der Waals surface area contributed by atoms with E-state index in [2.05, 4.69) is 12.2 Å². The molecule has 0 spiro atoms. The van der Waals surface area contributed by atoms with Gasteiger partial charge in [0.2, 0.25) is 0 Å². The van der Waals surface area contributed by atoms with E-state index in [1.165, 1.54) is 13.2 Å². The van der Waals surface area contributed by atoms with Gasteiger partial charge in [-0.1, -0.05) is 57.0 Å². The first-order chi connectivity index (χ1) is 15.0. The Morgan fingerprint density at radius 3 is 2.38 bits per heavy atom. The lowest BCUT2D eigenvalue weighted by Crippen LogP contribution is -2.50. The lowest BCUT2D eigenvalue weighted by Gasteiger charge is -2.36. The minimum absolute atomic E-state index is 0.0603. The van der Waals surface area contributed by atoms with Gasteiger partial charge in [-0.15, -0.1) is 0 Å².